The summed E-state index contributed by atoms with van der Waals surface area (Å²) >= 11 is 1.38. The molecule has 9 heteroatoms. The number of amides is 1. The minimum absolute atomic E-state index is 0.0954. The van der Waals surface area contributed by atoms with Crippen LogP contribution >= 0.6 is 11.3 Å². The Balaban J connectivity index is 1.40. The van der Waals surface area contributed by atoms with E-state index in [-0.39, 0.29) is 12.3 Å². The van der Waals surface area contributed by atoms with Crippen molar-refractivity contribution in [1.29, 1.82) is 0 Å². The Kier molecular flexibility index (Phi) is 6.13. The van der Waals surface area contributed by atoms with Crippen LogP contribution < -0.4 is 16.0 Å². The van der Waals surface area contributed by atoms with Gasteiger partial charge < -0.3 is 10.6 Å². The summed E-state index contributed by atoms with van der Waals surface area (Å²) < 4.78 is 0. The summed E-state index contributed by atoms with van der Waals surface area (Å²) in [5.41, 5.74) is 2.84. The lowest BCUT2D eigenvalue weighted by Crippen LogP contribution is -2.13. The molecule has 8 nitrogen and oxygen atoms in total. The Hall–Kier alpha value is -3.85. The summed E-state index contributed by atoms with van der Waals surface area (Å²) in [6.45, 7) is 3.83. The van der Waals surface area contributed by atoms with Gasteiger partial charge in [0.25, 0.3) is 0 Å². The zero-order chi connectivity index (χ0) is 21.6. The Bertz CT molecular complexity index is 1180. The van der Waals surface area contributed by atoms with E-state index in [2.05, 4.69) is 35.9 Å². The van der Waals surface area contributed by atoms with E-state index in [9.17, 15) is 4.79 Å². The maximum absolute atomic E-state index is 12.2. The van der Waals surface area contributed by atoms with Crippen molar-refractivity contribution in [3.8, 4) is 0 Å². The third-order valence-electron chi connectivity index (χ3n) is 4.22. The monoisotopic (exact) mass is 431 g/mol. The van der Waals surface area contributed by atoms with Gasteiger partial charge in [0.1, 0.15) is 5.82 Å². The van der Waals surface area contributed by atoms with Crippen LogP contribution in [0.25, 0.3) is 0 Å². The minimum Gasteiger partial charge on any atom is -0.326 e. The molecule has 156 valence electrons. The highest BCUT2D eigenvalue weighted by atomic mass is 32.1. The molecule has 0 bridgehead atoms. The number of hydrogen-bond acceptors (Lipinski definition) is 8. The molecule has 0 unspecified atom stereocenters. The topological polar surface area (TPSA) is 105 Å². The molecule has 2 aromatic heterocycles. The molecule has 0 fully saturated rings. The smallest absolute Gasteiger partial charge is 0.234 e. The Labute approximate surface area is 183 Å². The minimum atomic E-state index is -0.0954. The molecular formula is C22H21N7OS. The van der Waals surface area contributed by atoms with Crippen LogP contribution in [0.3, 0.4) is 0 Å². The van der Waals surface area contributed by atoms with Gasteiger partial charge in [0.15, 0.2) is 5.13 Å². The van der Waals surface area contributed by atoms with E-state index in [0.29, 0.717) is 22.9 Å². The van der Waals surface area contributed by atoms with Gasteiger partial charge in [-0.15, -0.1) is 11.3 Å². The molecule has 0 atom stereocenters. The molecule has 1 amide bonds. The quantitative estimate of drug-likeness (QED) is 0.392. The first kappa shape index (κ1) is 20.4. The van der Waals surface area contributed by atoms with Crippen molar-refractivity contribution in [2.24, 2.45) is 0 Å². The molecule has 0 saturated heterocycles. The second-order valence-corrected chi connectivity index (χ2v) is 7.98. The highest BCUT2D eigenvalue weighted by Crippen LogP contribution is 2.23. The average molecular weight is 432 g/mol. The summed E-state index contributed by atoms with van der Waals surface area (Å²) in [6, 6.07) is 17.3. The van der Waals surface area contributed by atoms with Crippen LogP contribution in [0, 0.1) is 13.8 Å². The number of rotatable bonds is 7. The Morgan fingerprint density at radius 1 is 0.871 bits per heavy atom. The van der Waals surface area contributed by atoms with Crippen LogP contribution in [0.4, 0.5) is 28.4 Å². The first-order valence-corrected chi connectivity index (χ1v) is 10.5. The number of nitrogens with one attached hydrogen (secondary N) is 3. The largest absolute Gasteiger partial charge is 0.326 e. The standard InChI is InChI=1S/C22H21N7OS/c1-14-8-10-17(11-9-14)27-20-24-15(2)25-21(28-20)29-22-23-13-18(31-22)12-19(30)26-16-6-4-3-5-7-16/h3-11,13H,12H2,1-2H3,(H,26,30)(H2,23,24,25,27,28,29). The van der Waals surface area contributed by atoms with Crippen molar-refractivity contribution in [2.45, 2.75) is 20.3 Å². The van der Waals surface area contributed by atoms with Crippen LogP contribution in [0.5, 0.6) is 0 Å². The zero-order valence-corrected chi connectivity index (χ0v) is 17.9. The maximum Gasteiger partial charge on any atom is 0.234 e. The molecule has 3 N–H and O–H groups in total. The van der Waals surface area contributed by atoms with Crippen LogP contribution in [-0.2, 0) is 11.2 Å². The summed E-state index contributed by atoms with van der Waals surface area (Å²) in [4.78, 5) is 30.5. The number of carbonyl (C=O) groups is 1. The summed E-state index contributed by atoms with van der Waals surface area (Å²) in [5, 5.41) is 9.75. The number of nitrogens with zero attached hydrogens (tertiary/aromatic N) is 4. The number of para-hydroxylation sites is 1. The number of thiazole rings is 1. The van der Waals surface area contributed by atoms with E-state index in [1.165, 1.54) is 16.9 Å². The lowest BCUT2D eigenvalue weighted by Gasteiger charge is -2.08. The fourth-order valence-corrected chi connectivity index (χ4v) is 3.59. The van der Waals surface area contributed by atoms with E-state index in [1.54, 1.807) is 13.1 Å². The van der Waals surface area contributed by atoms with Crippen molar-refractivity contribution in [3.63, 3.8) is 0 Å². The number of aryl methyl sites for hydroxylation is 2. The van der Waals surface area contributed by atoms with Crippen LogP contribution in [0.1, 0.15) is 16.3 Å². The molecule has 4 aromatic rings. The third kappa shape index (κ3) is 5.83. The molecule has 0 aliphatic carbocycles. The maximum atomic E-state index is 12.2. The van der Waals surface area contributed by atoms with Crippen LogP contribution in [0.15, 0.2) is 60.8 Å². The van der Waals surface area contributed by atoms with Gasteiger partial charge in [0, 0.05) is 22.4 Å². The van der Waals surface area contributed by atoms with Gasteiger partial charge in [-0.25, -0.2) is 4.98 Å². The third-order valence-corrected chi connectivity index (χ3v) is 5.13. The predicted octanol–water partition coefficient (Wildman–Crippen LogP) is 4.61. The molecule has 0 saturated carbocycles. The van der Waals surface area contributed by atoms with Crippen molar-refractivity contribution in [3.05, 3.63) is 77.1 Å². The molecular weight excluding hydrogens is 410 g/mol. The van der Waals surface area contributed by atoms with Gasteiger partial charge in [-0.2, -0.15) is 15.0 Å². The molecule has 0 radical (unpaired) electrons. The molecule has 31 heavy (non-hydrogen) atoms. The second kappa shape index (κ2) is 9.31. The first-order chi connectivity index (χ1) is 15.0. The van der Waals surface area contributed by atoms with Crippen molar-refractivity contribution >= 4 is 45.6 Å². The zero-order valence-electron chi connectivity index (χ0n) is 17.1. The van der Waals surface area contributed by atoms with Crippen LogP contribution in [0.2, 0.25) is 0 Å². The molecule has 2 heterocycles. The van der Waals surface area contributed by atoms with Crippen molar-refractivity contribution in [1.82, 2.24) is 19.9 Å². The Morgan fingerprint density at radius 3 is 2.32 bits per heavy atom. The molecule has 0 aliphatic rings. The first-order valence-electron chi connectivity index (χ1n) is 9.66. The van der Waals surface area contributed by atoms with Gasteiger partial charge in [0.2, 0.25) is 17.8 Å². The summed E-state index contributed by atoms with van der Waals surface area (Å²) in [7, 11) is 0. The predicted molar refractivity (Wildman–Crippen MR) is 123 cm³/mol. The normalized spacial score (nSPS) is 10.5. The lowest BCUT2D eigenvalue weighted by molar-refractivity contribution is -0.115. The molecule has 0 spiro atoms. The second-order valence-electron chi connectivity index (χ2n) is 6.87. The number of aromatic nitrogens is 4. The SMILES string of the molecule is Cc1ccc(Nc2nc(C)nc(Nc3ncc(CC(=O)Nc4ccccc4)s3)n2)cc1. The molecule has 0 aliphatic heterocycles. The van der Waals surface area contributed by atoms with Gasteiger partial charge in [0.05, 0.1) is 6.42 Å². The fourth-order valence-electron chi connectivity index (χ4n) is 2.79. The van der Waals surface area contributed by atoms with Crippen molar-refractivity contribution in [2.75, 3.05) is 16.0 Å². The van der Waals surface area contributed by atoms with Gasteiger partial charge >= 0.3 is 0 Å². The average Bonchev–Trinajstić information content (AvgIpc) is 3.16. The fraction of sp³-hybridized carbons (Fsp3) is 0.136. The lowest BCUT2D eigenvalue weighted by atomic mass is 10.2. The van der Waals surface area contributed by atoms with E-state index in [1.807, 2.05) is 61.5 Å². The number of hydrogen-bond donors (Lipinski definition) is 3. The van der Waals surface area contributed by atoms with Gasteiger partial charge in [-0.3, -0.25) is 10.1 Å². The number of anilines is 5. The van der Waals surface area contributed by atoms with E-state index in [0.717, 1.165) is 16.3 Å². The number of benzene rings is 2. The van der Waals surface area contributed by atoms with Gasteiger partial charge in [-0.05, 0) is 38.1 Å². The molecule has 4 rings (SSSR count). The highest BCUT2D eigenvalue weighted by molar-refractivity contribution is 7.15. The van der Waals surface area contributed by atoms with E-state index in [4.69, 9.17) is 0 Å². The van der Waals surface area contributed by atoms with E-state index < -0.39 is 0 Å². The van der Waals surface area contributed by atoms with Gasteiger partial charge in [-0.1, -0.05) is 35.9 Å². The van der Waals surface area contributed by atoms with Crippen molar-refractivity contribution < 1.29 is 4.79 Å². The summed E-state index contributed by atoms with van der Waals surface area (Å²) in [5.74, 6) is 1.31. The molecule has 2 aromatic carbocycles. The highest BCUT2D eigenvalue weighted by Gasteiger charge is 2.10. The summed E-state index contributed by atoms with van der Waals surface area (Å²) in [6.07, 6.45) is 1.92. The number of carbonyl (C=O) groups excluding carboxylic acids is 1. The van der Waals surface area contributed by atoms with E-state index >= 15 is 0 Å². The van der Waals surface area contributed by atoms with Crippen LogP contribution in [-0.4, -0.2) is 25.8 Å². The Morgan fingerprint density at radius 2 is 1.58 bits per heavy atom.